The van der Waals surface area contributed by atoms with Gasteiger partial charge in [0.25, 0.3) is 0 Å². The molecule has 0 bridgehead atoms. The zero-order valence-electron chi connectivity index (χ0n) is 18.0. The molecule has 8 nitrogen and oxygen atoms in total. The van der Waals surface area contributed by atoms with Crippen LogP contribution in [-0.2, 0) is 10.0 Å². The number of rotatable bonds is 8. The average molecular weight is 531 g/mol. The van der Waals surface area contributed by atoms with E-state index in [0.29, 0.717) is 45.1 Å². The van der Waals surface area contributed by atoms with Gasteiger partial charge in [-0.25, -0.2) is 22.9 Å². The molecule has 1 aliphatic rings. The van der Waals surface area contributed by atoms with Crippen molar-refractivity contribution in [3.63, 3.8) is 0 Å². The highest BCUT2D eigenvalue weighted by atomic mass is 35.5. The predicted octanol–water partition coefficient (Wildman–Crippen LogP) is 4.52. The number of amides is 2. The number of nitrogens with one attached hydrogen (secondary N) is 1. The first kappa shape index (κ1) is 25.5. The number of sulfonamides is 1. The number of anilines is 1. The first-order chi connectivity index (χ1) is 15.7. The number of nitrogens with zero attached hydrogens (tertiary/aromatic N) is 3. The van der Waals surface area contributed by atoms with Crippen LogP contribution < -0.4 is 9.62 Å². The van der Waals surface area contributed by atoms with Crippen LogP contribution in [0, 0.1) is 0 Å². The van der Waals surface area contributed by atoms with Crippen molar-refractivity contribution in [2.45, 2.75) is 25.0 Å². The highest BCUT2D eigenvalue weighted by molar-refractivity contribution is 7.90. The number of aromatic nitrogens is 1. The summed E-state index contributed by atoms with van der Waals surface area (Å²) in [7, 11) is -4.04. The number of thiophene rings is 1. The summed E-state index contributed by atoms with van der Waals surface area (Å²) in [5.74, 6) is 0.516. The van der Waals surface area contributed by atoms with Crippen LogP contribution in [0.3, 0.4) is 0 Å². The van der Waals surface area contributed by atoms with Crippen molar-refractivity contribution >= 4 is 62.2 Å². The lowest BCUT2D eigenvalue weighted by molar-refractivity contribution is 0.0981. The molecule has 2 aromatic rings. The van der Waals surface area contributed by atoms with Crippen molar-refractivity contribution in [2.24, 2.45) is 0 Å². The fraction of sp³-hybridized carbons (Fsp3) is 0.381. The van der Waals surface area contributed by atoms with Crippen molar-refractivity contribution < 1.29 is 18.0 Å². The lowest BCUT2D eigenvalue weighted by Crippen LogP contribution is -2.53. The maximum absolute atomic E-state index is 12.8. The second kappa shape index (κ2) is 10.9. The fourth-order valence-corrected chi connectivity index (χ4v) is 6.42. The van der Waals surface area contributed by atoms with Crippen LogP contribution in [0.25, 0.3) is 0 Å². The lowest BCUT2D eigenvalue weighted by Gasteiger charge is -2.35. The molecule has 1 fully saturated rings. The van der Waals surface area contributed by atoms with Gasteiger partial charge in [-0.05, 0) is 24.6 Å². The number of carbonyl (C=O) groups is 2. The maximum atomic E-state index is 12.8. The van der Waals surface area contributed by atoms with E-state index in [1.54, 1.807) is 18.2 Å². The number of ketones is 1. The number of halogens is 2. The van der Waals surface area contributed by atoms with Gasteiger partial charge in [-0.15, -0.1) is 17.9 Å². The maximum Gasteiger partial charge on any atom is 0.331 e. The number of hydrogen-bond acceptors (Lipinski definition) is 7. The number of carbonyl (C=O) groups excluding carboxylic acids is 2. The monoisotopic (exact) mass is 530 g/mol. The molecule has 0 aromatic carbocycles. The molecule has 0 aliphatic carbocycles. The molecule has 1 aliphatic heterocycles. The molecule has 0 spiro atoms. The Morgan fingerprint density at radius 3 is 2.52 bits per heavy atom. The van der Waals surface area contributed by atoms with Crippen LogP contribution in [0.1, 0.15) is 40.3 Å². The van der Waals surface area contributed by atoms with Crippen molar-refractivity contribution in [3.8, 4) is 0 Å². The van der Waals surface area contributed by atoms with E-state index in [1.165, 1.54) is 17.2 Å². The van der Waals surface area contributed by atoms with Gasteiger partial charge in [0, 0.05) is 49.2 Å². The normalized spacial score (nSPS) is 15.2. The average Bonchev–Trinajstić information content (AvgIpc) is 3.19. The summed E-state index contributed by atoms with van der Waals surface area (Å²) in [5.41, 5.74) is 0.470. The zero-order chi connectivity index (χ0) is 24.2. The number of hydrogen-bond donors (Lipinski definition) is 1. The summed E-state index contributed by atoms with van der Waals surface area (Å²) in [6, 6.07) is 4.10. The van der Waals surface area contributed by atoms with Gasteiger partial charge in [0.2, 0.25) is 10.0 Å². The molecule has 12 heteroatoms. The second-order valence-corrected chi connectivity index (χ2v) is 11.4. The molecule has 2 amide bonds. The van der Waals surface area contributed by atoms with Gasteiger partial charge in [0.05, 0.1) is 9.36 Å². The minimum absolute atomic E-state index is 0.0104. The molecule has 33 heavy (non-hydrogen) atoms. The van der Waals surface area contributed by atoms with E-state index < -0.39 is 21.3 Å². The predicted molar refractivity (Wildman–Crippen MR) is 132 cm³/mol. The first-order valence-electron chi connectivity index (χ1n) is 10.3. The van der Waals surface area contributed by atoms with E-state index in [0.717, 1.165) is 17.8 Å². The van der Waals surface area contributed by atoms with Gasteiger partial charge in [0.15, 0.2) is 5.78 Å². The van der Waals surface area contributed by atoms with E-state index in [2.05, 4.69) is 16.3 Å². The van der Waals surface area contributed by atoms with Crippen molar-refractivity contribution in [3.05, 3.63) is 56.9 Å². The Hall–Kier alpha value is -2.14. The quantitative estimate of drug-likeness (QED) is 0.397. The molecule has 0 saturated carbocycles. The van der Waals surface area contributed by atoms with Crippen LogP contribution in [-0.4, -0.2) is 56.3 Å². The lowest BCUT2D eigenvalue weighted by atomic mass is 10.1. The summed E-state index contributed by atoms with van der Waals surface area (Å²) in [6.45, 7) is 6.89. The number of Topliss-reactive ketones (excluding diaryl/α,β-unsaturated/α-hetero) is 1. The van der Waals surface area contributed by atoms with Crippen LogP contribution in [0.4, 0.5) is 10.6 Å². The SMILES string of the molecule is C=CC(c1ccc(Cl)s1)S(=O)(=O)NC(=O)N1CCN(c2ncc(C(=O)CCC)cc2Cl)CC1. The topological polar surface area (TPSA) is 99.7 Å². The van der Waals surface area contributed by atoms with Gasteiger partial charge in [-0.2, -0.15) is 0 Å². The first-order valence-corrected chi connectivity index (χ1v) is 13.4. The highest BCUT2D eigenvalue weighted by Gasteiger charge is 2.31. The smallest absolute Gasteiger partial charge is 0.331 e. The molecule has 1 saturated heterocycles. The molecule has 2 aromatic heterocycles. The Kier molecular flexibility index (Phi) is 8.38. The second-order valence-electron chi connectivity index (χ2n) is 7.43. The molecule has 0 radical (unpaired) electrons. The van der Waals surface area contributed by atoms with Crippen molar-refractivity contribution in [2.75, 3.05) is 31.1 Å². The fourth-order valence-electron chi connectivity index (χ4n) is 3.44. The van der Waals surface area contributed by atoms with E-state index in [4.69, 9.17) is 23.2 Å². The molecule has 1 atom stereocenters. The summed E-state index contributed by atoms with van der Waals surface area (Å²) in [5, 5.41) is -0.724. The Labute approximate surface area is 207 Å². The minimum atomic E-state index is -4.04. The standard InChI is InChI=1S/C21H24Cl2N4O4S2/c1-3-5-16(28)14-12-15(22)20(24-13-14)26-8-10-27(11-9-26)21(29)25-33(30,31)18(4-2)17-6-7-19(23)32-17/h4,6-7,12-13,18H,2-3,5,8-11H2,1H3,(H,25,29). The highest BCUT2D eigenvalue weighted by Crippen LogP contribution is 2.32. The van der Waals surface area contributed by atoms with Gasteiger partial charge in [-0.3, -0.25) is 4.79 Å². The Morgan fingerprint density at radius 1 is 1.27 bits per heavy atom. The largest absolute Gasteiger partial charge is 0.352 e. The number of piperazine rings is 1. The molecular formula is C21H24Cl2N4O4S2. The van der Waals surface area contributed by atoms with Gasteiger partial charge < -0.3 is 9.80 Å². The van der Waals surface area contributed by atoms with E-state index in [1.807, 2.05) is 11.8 Å². The summed E-state index contributed by atoms with van der Waals surface area (Å²) in [4.78, 5) is 32.8. The third kappa shape index (κ3) is 6.06. The number of urea groups is 1. The van der Waals surface area contributed by atoms with Gasteiger partial charge in [-0.1, -0.05) is 36.2 Å². The summed E-state index contributed by atoms with van der Waals surface area (Å²) in [6.07, 6.45) is 3.95. The third-order valence-corrected chi connectivity index (χ3v) is 8.46. The van der Waals surface area contributed by atoms with Crippen LogP contribution in [0.5, 0.6) is 0 Å². The van der Waals surface area contributed by atoms with Crippen molar-refractivity contribution in [1.29, 1.82) is 0 Å². The Bertz CT molecular complexity index is 1140. The van der Waals surface area contributed by atoms with E-state index in [-0.39, 0.29) is 18.9 Å². The van der Waals surface area contributed by atoms with Crippen LogP contribution in [0.15, 0.2) is 37.1 Å². The summed E-state index contributed by atoms with van der Waals surface area (Å²) >= 11 is 13.4. The summed E-state index contributed by atoms with van der Waals surface area (Å²) < 4.78 is 28.1. The third-order valence-electron chi connectivity index (χ3n) is 5.14. The van der Waals surface area contributed by atoms with E-state index >= 15 is 0 Å². The molecule has 1 N–H and O–H groups in total. The number of pyridine rings is 1. The molecule has 1 unspecified atom stereocenters. The van der Waals surface area contributed by atoms with Crippen LogP contribution in [0.2, 0.25) is 9.36 Å². The Balaban J connectivity index is 1.62. The minimum Gasteiger partial charge on any atom is -0.352 e. The van der Waals surface area contributed by atoms with Gasteiger partial charge in [0.1, 0.15) is 11.1 Å². The molecule has 3 heterocycles. The van der Waals surface area contributed by atoms with E-state index in [9.17, 15) is 18.0 Å². The Morgan fingerprint density at radius 2 is 1.97 bits per heavy atom. The van der Waals surface area contributed by atoms with Gasteiger partial charge >= 0.3 is 6.03 Å². The molecule has 178 valence electrons. The molecule has 3 rings (SSSR count). The van der Waals surface area contributed by atoms with Crippen LogP contribution >= 0.6 is 34.5 Å². The van der Waals surface area contributed by atoms with Crippen molar-refractivity contribution in [1.82, 2.24) is 14.6 Å². The zero-order valence-corrected chi connectivity index (χ0v) is 21.1. The molecular weight excluding hydrogens is 507 g/mol.